The number of hydrogen-bond donors (Lipinski definition) is 3. The molecule has 0 fully saturated rings. The predicted molar refractivity (Wildman–Crippen MR) is 78.5 cm³/mol. The van der Waals surface area contributed by atoms with Crippen molar-refractivity contribution < 1.29 is 5.11 Å². The maximum absolute atomic E-state index is 10.2. The van der Waals surface area contributed by atoms with Crippen LogP contribution in [0.1, 0.15) is 6.92 Å². The first-order valence-corrected chi connectivity index (χ1v) is 6.32. The molecule has 1 aromatic rings. The zero-order chi connectivity index (χ0) is 13.9. The van der Waals surface area contributed by atoms with E-state index in [4.69, 9.17) is 28.9 Å². The Balaban J connectivity index is 2.72. The number of halogens is 2. The van der Waals surface area contributed by atoms with Gasteiger partial charge in [0.25, 0.3) is 0 Å². The Morgan fingerprint density at radius 3 is 2.44 bits per heavy atom. The van der Waals surface area contributed by atoms with Gasteiger partial charge in [-0.15, -0.1) is 0 Å². The van der Waals surface area contributed by atoms with Crippen LogP contribution in [0.2, 0.25) is 10.0 Å². The summed E-state index contributed by atoms with van der Waals surface area (Å²) in [5.41, 5.74) is 6.14. The lowest BCUT2D eigenvalue weighted by atomic mass is 10.1. The highest BCUT2D eigenvalue weighted by atomic mass is 35.5. The monoisotopic (exact) mass is 291 g/mol. The quantitative estimate of drug-likeness (QED) is 0.729. The summed E-state index contributed by atoms with van der Waals surface area (Å²) in [6.07, 6.45) is 0. The van der Waals surface area contributed by atoms with Crippen molar-refractivity contribution in [2.45, 2.75) is 12.5 Å². The minimum Gasteiger partial charge on any atom is -0.397 e. The van der Waals surface area contributed by atoms with Crippen LogP contribution >= 0.6 is 23.2 Å². The minimum absolute atomic E-state index is 0.368. The molecule has 102 valence electrons. The number of benzene rings is 1. The highest BCUT2D eigenvalue weighted by Crippen LogP contribution is 2.30. The first-order chi connectivity index (χ1) is 8.21. The Labute approximate surface area is 118 Å². The Morgan fingerprint density at radius 2 is 1.89 bits per heavy atom. The molecule has 1 unspecified atom stereocenters. The second kappa shape index (κ2) is 5.97. The smallest absolute Gasteiger partial charge is 0.0917 e. The molecule has 1 aromatic carbocycles. The molecule has 1 rings (SSSR count). The topological polar surface area (TPSA) is 61.5 Å². The zero-order valence-electron chi connectivity index (χ0n) is 10.8. The Morgan fingerprint density at radius 1 is 1.33 bits per heavy atom. The van der Waals surface area contributed by atoms with Crippen LogP contribution in [0.15, 0.2) is 12.1 Å². The second-order valence-electron chi connectivity index (χ2n) is 4.94. The van der Waals surface area contributed by atoms with Gasteiger partial charge in [-0.3, -0.25) is 0 Å². The summed E-state index contributed by atoms with van der Waals surface area (Å²) in [4.78, 5) is 1.92. The molecule has 0 aliphatic heterocycles. The molecule has 18 heavy (non-hydrogen) atoms. The van der Waals surface area contributed by atoms with Crippen LogP contribution in [0, 0.1) is 0 Å². The van der Waals surface area contributed by atoms with E-state index in [2.05, 4.69) is 5.32 Å². The number of anilines is 2. The average Bonchev–Trinajstić information content (AvgIpc) is 2.19. The molecular weight excluding hydrogens is 273 g/mol. The van der Waals surface area contributed by atoms with Crippen LogP contribution < -0.4 is 11.1 Å². The standard InChI is InChI=1S/C12H19Cl2N3O/c1-12(18,7-17(2)3)6-16-11-5-9(14)8(13)4-10(11)15/h4-5,16,18H,6-7,15H2,1-3H3. The SMILES string of the molecule is CN(C)CC(C)(O)CNc1cc(Cl)c(Cl)cc1N. The lowest BCUT2D eigenvalue weighted by molar-refractivity contribution is 0.0460. The van der Waals surface area contributed by atoms with Crippen molar-refractivity contribution in [3.63, 3.8) is 0 Å². The van der Waals surface area contributed by atoms with Gasteiger partial charge in [-0.2, -0.15) is 0 Å². The van der Waals surface area contributed by atoms with Crippen LogP contribution in [0.3, 0.4) is 0 Å². The van der Waals surface area contributed by atoms with Gasteiger partial charge in [0.05, 0.1) is 27.0 Å². The fourth-order valence-electron chi connectivity index (χ4n) is 1.74. The van der Waals surface area contributed by atoms with Gasteiger partial charge in [0.2, 0.25) is 0 Å². The first kappa shape index (κ1) is 15.4. The summed E-state index contributed by atoms with van der Waals surface area (Å²) in [6.45, 7) is 2.67. The van der Waals surface area contributed by atoms with Gasteiger partial charge < -0.3 is 21.1 Å². The van der Waals surface area contributed by atoms with Crippen molar-refractivity contribution in [2.24, 2.45) is 0 Å². The molecule has 0 saturated heterocycles. The maximum atomic E-state index is 10.2. The zero-order valence-corrected chi connectivity index (χ0v) is 12.3. The van der Waals surface area contributed by atoms with E-state index >= 15 is 0 Å². The Bertz CT molecular complexity index is 422. The fraction of sp³-hybridized carbons (Fsp3) is 0.500. The van der Waals surface area contributed by atoms with Crippen LogP contribution in [0.4, 0.5) is 11.4 Å². The normalized spacial score (nSPS) is 14.6. The fourth-order valence-corrected chi connectivity index (χ4v) is 2.07. The number of nitrogens with one attached hydrogen (secondary N) is 1. The molecular formula is C12H19Cl2N3O. The molecule has 4 nitrogen and oxygen atoms in total. The van der Waals surface area contributed by atoms with Gasteiger partial charge in [-0.1, -0.05) is 23.2 Å². The highest BCUT2D eigenvalue weighted by molar-refractivity contribution is 6.42. The van der Waals surface area contributed by atoms with Gasteiger partial charge in [0, 0.05) is 13.1 Å². The van der Waals surface area contributed by atoms with E-state index in [1.54, 1.807) is 19.1 Å². The van der Waals surface area contributed by atoms with E-state index in [0.717, 1.165) is 0 Å². The van der Waals surface area contributed by atoms with E-state index in [1.807, 2.05) is 19.0 Å². The number of rotatable bonds is 5. The Kier molecular flexibility index (Phi) is 5.10. The summed E-state index contributed by atoms with van der Waals surface area (Å²) in [5.74, 6) is 0. The molecule has 0 saturated carbocycles. The minimum atomic E-state index is -0.859. The molecule has 1 atom stereocenters. The molecule has 6 heteroatoms. The van der Waals surface area contributed by atoms with E-state index < -0.39 is 5.60 Å². The number of hydrogen-bond acceptors (Lipinski definition) is 4. The second-order valence-corrected chi connectivity index (χ2v) is 5.76. The van der Waals surface area contributed by atoms with Gasteiger partial charge in [0.1, 0.15) is 0 Å². The highest BCUT2D eigenvalue weighted by Gasteiger charge is 2.21. The van der Waals surface area contributed by atoms with Crippen LogP contribution in [0.5, 0.6) is 0 Å². The van der Waals surface area contributed by atoms with Gasteiger partial charge in [-0.25, -0.2) is 0 Å². The molecule has 0 heterocycles. The summed E-state index contributed by atoms with van der Waals surface area (Å²) in [5, 5.41) is 14.1. The maximum Gasteiger partial charge on any atom is 0.0917 e. The van der Waals surface area contributed by atoms with Gasteiger partial charge in [-0.05, 0) is 33.2 Å². The van der Waals surface area contributed by atoms with Gasteiger partial charge >= 0.3 is 0 Å². The van der Waals surface area contributed by atoms with Crippen molar-refractivity contribution >= 4 is 34.6 Å². The summed E-state index contributed by atoms with van der Waals surface area (Å²) >= 11 is 11.8. The lowest BCUT2D eigenvalue weighted by Gasteiger charge is -2.27. The Hall–Kier alpha value is -0.680. The average molecular weight is 292 g/mol. The third-order valence-corrected chi connectivity index (χ3v) is 3.13. The van der Waals surface area contributed by atoms with Crippen molar-refractivity contribution in [1.29, 1.82) is 0 Å². The number of nitrogen functional groups attached to an aromatic ring is 1. The summed E-state index contributed by atoms with van der Waals surface area (Å²) < 4.78 is 0. The molecule has 0 aliphatic rings. The van der Waals surface area contributed by atoms with Crippen LogP contribution in [-0.4, -0.2) is 42.8 Å². The largest absolute Gasteiger partial charge is 0.397 e. The molecule has 0 bridgehead atoms. The predicted octanol–water partition coefficient (Wildman–Crippen LogP) is 2.30. The molecule has 4 N–H and O–H groups in total. The van der Waals surface area contributed by atoms with Crippen molar-refractivity contribution in [3.05, 3.63) is 22.2 Å². The molecule has 0 spiro atoms. The number of nitrogens with two attached hydrogens (primary N) is 1. The first-order valence-electron chi connectivity index (χ1n) is 5.57. The third kappa shape index (κ3) is 4.53. The van der Waals surface area contributed by atoms with E-state index in [1.165, 1.54) is 0 Å². The van der Waals surface area contributed by atoms with Gasteiger partial charge in [0.15, 0.2) is 0 Å². The summed E-state index contributed by atoms with van der Waals surface area (Å²) in [7, 11) is 3.81. The van der Waals surface area contributed by atoms with Crippen molar-refractivity contribution in [1.82, 2.24) is 4.90 Å². The van der Waals surface area contributed by atoms with E-state index in [-0.39, 0.29) is 0 Å². The number of nitrogens with zero attached hydrogens (tertiary/aromatic N) is 1. The lowest BCUT2D eigenvalue weighted by Crippen LogP contribution is -2.43. The molecule has 0 radical (unpaired) electrons. The van der Waals surface area contributed by atoms with Crippen molar-refractivity contribution in [3.8, 4) is 0 Å². The molecule has 0 aliphatic carbocycles. The van der Waals surface area contributed by atoms with Crippen molar-refractivity contribution in [2.75, 3.05) is 38.2 Å². The van der Waals surface area contributed by atoms with E-state index in [9.17, 15) is 5.11 Å². The van der Waals surface area contributed by atoms with E-state index in [0.29, 0.717) is 34.5 Å². The number of likely N-dealkylation sites (N-methyl/N-ethyl adjacent to an activating group) is 1. The molecule has 0 amide bonds. The van der Waals surface area contributed by atoms with Crippen LogP contribution in [-0.2, 0) is 0 Å². The molecule has 0 aromatic heterocycles. The summed E-state index contributed by atoms with van der Waals surface area (Å²) in [6, 6.07) is 3.25. The third-order valence-electron chi connectivity index (χ3n) is 2.41. The number of aliphatic hydroxyl groups is 1. The van der Waals surface area contributed by atoms with Crippen LogP contribution in [0.25, 0.3) is 0 Å².